The molecule has 0 rings (SSSR count). The van der Waals surface area contributed by atoms with Crippen molar-refractivity contribution in [3.05, 3.63) is 0 Å². The highest BCUT2D eigenvalue weighted by Gasteiger charge is 2.13. The van der Waals surface area contributed by atoms with E-state index in [9.17, 15) is 9.59 Å². The molecule has 0 unspecified atom stereocenters. The molecule has 0 fully saturated rings. The number of carbonyl (C=O) groups excluding carboxylic acids is 1. The summed E-state index contributed by atoms with van der Waals surface area (Å²) in [4.78, 5) is 20.7. The Labute approximate surface area is 69.5 Å². The summed E-state index contributed by atoms with van der Waals surface area (Å²) in [5, 5.41) is 8.28. The third-order valence-electron chi connectivity index (χ3n) is 1.09. The Morgan fingerprint density at radius 2 is 2.08 bits per heavy atom. The Morgan fingerprint density at radius 1 is 1.50 bits per heavy atom. The van der Waals surface area contributed by atoms with E-state index >= 15 is 0 Å². The third-order valence-corrected chi connectivity index (χ3v) is 1.09. The first-order valence-electron chi connectivity index (χ1n) is 3.42. The molecule has 0 aromatic carbocycles. The maximum atomic E-state index is 10.6. The molecule has 1 atom stereocenters. The molecule has 0 aromatic rings. The molecule has 0 spiro atoms. The second-order valence-corrected chi connectivity index (χ2v) is 2.17. The van der Waals surface area contributed by atoms with Gasteiger partial charge in [-0.2, -0.15) is 0 Å². The van der Waals surface area contributed by atoms with Gasteiger partial charge < -0.3 is 21.3 Å². The Morgan fingerprint density at radius 3 is 2.50 bits per heavy atom. The fourth-order valence-corrected chi connectivity index (χ4v) is 0.444. The van der Waals surface area contributed by atoms with Crippen molar-refractivity contribution in [1.29, 1.82) is 0 Å². The van der Waals surface area contributed by atoms with E-state index in [0.29, 0.717) is 0 Å². The van der Waals surface area contributed by atoms with Gasteiger partial charge in [0.2, 0.25) is 0 Å². The molecule has 5 N–H and O–H groups in total. The van der Waals surface area contributed by atoms with Crippen molar-refractivity contribution in [2.75, 3.05) is 13.2 Å². The molecule has 70 valence electrons. The van der Waals surface area contributed by atoms with Crippen LogP contribution in [0.5, 0.6) is 0 Å². The first-order valence-corrected chi connectivity index (χ1v) is 3.42. The SMILES string of the molecule is NCCC(=O)OC[C@H](N)C(=O)O. The van der Waals surface area contributed by atoms with Crippen molar-refractivity contribution in [3.63, 3.8) is 0 Å². The molecule has 0 bridgehead atoms. The van der Waals surface area contributed by atoms with E-state index in [-0.39, 0.29) is 19.6 Å². The van der Waals surface area contributed by atoms with Crippen LogP contribution in [0.4, 0.5) is 0 Å². The van der Waals surface area contributed by atoms with Gasteiger partial charge in [0.15, 0.2) is 0 Å². The average molecular weight is 176 g/mol. The van der Waals surface area contributed by atoms with Crippen LogP contribution in [0.15, 0.2) is 0 Å². The van der Waals surface area contributed by atoms with Gasteiger partial charge in [-0.25, -0.2) is 0 Å². The molecule has 12 heavy (non-hydrogen) atoms. The second kappa shape index (κ2) is 5.50. The number of nitrogens with two attached hydrogens (primary N) is 2. The minimum absolute atomic E-state index is 0.0757. The Bertz CT molecular complexity index is 171. The van der Waals surface area contributed by atoms with E-state index in [4.69, 9.17) is 16.6 Å². The van der Waals surface area contributed by atoms with Gasteiger partial charge in [-0.1, -0.05) is 0 Å². The van der Waals surface area contributed by atoms with Gasteiger partial charge in [0.25, 0.3) is 0 Å². The number of carboxylic acids is 1. The number of carbonyl (C=O) groups is 2. The van der Waals surface area contributed by atoms with Crippen LogP contribution >= 0.6 is 0 Å². The van der Waals surface area contributed by atoms with Crippen LogP contribution in [0, 0.1) is 0 Å². The lowest BCUT2D eigenvalue weighted by molar-refractivity contribution is -0.147. The standard InChI is InChI=1S/C6H12N2O4/c7-2-1-5(9)12-3-4(8)6(10)11/h4H,1-3,7-8H2,(H,10,11)/t4-/m0/s1. The Hall–Kier alpha value is -1.14. The maximum Gasteiger partial charge on any atom is 0.324 e. The molecule has 0 aliphatic rings. The normalized spacial score (nSPS) is 12.2. The highest BCUT2D eigenvalue weighted by Crippen LogP contribution is 1.86. The van der Waals surface area contributed by atoms with Crippen molar-refractivity contribution >= 4 is 11.9 Å². The summed E-state index contributed by atoms with van der Waals surface area (Å²) in [6.45, 7) is -0.130. The maximum absolute atomic E-state index is 10.6. The number of carboxylic acid groups (broad SMARTS) is 1. The molecular formula is C6H12N2O4. The van der Waals surface area contributed by atoms with Crippen LogP contribution in [-0.4, -0.2) is 36.2 Å². The molecule has 0 saturated carbocycles. The quantitative estimate of drug-likeness (QED) is 0.429. The monoisotopic (exact) mass is 176 g/mol. The summed E-state index contributed by atoms with van der Waals surface area (Å²) in [6, 6.07) is -1.16. The highest BCUT2D eigenvalue weighted by molar-refractivity contribution is 5.74. The number of hydrogen-bond donors (Lipinski definition) is 3. The van der Waals surface area contributed by atoms with Crippen molar-refractivity contribution < 1.29 is 19.4 Å². The summed E-state index contributed by atoms with van der Waals surface area (Å²) in [6.07, 6.45) is 0.0757. The third kappa shape index (κ3) is 4.64. The van der Waals surface area contributed by atoms with Crippen molar-refractivity contribution in [1.82, 2.24) is 0 Å². The minimum atomic E-state index is -1.20. The van der Waals surface area contributed by atoms with Gasteiger partial charge in [-0.05, 0) is 0 Å². The zero-order valence-electron chi connectivity index (χ0n) is 6.53. The first-order chi connectivity index (χ1) is 5.57. The molecule has 6 heteroatoms. The van der Waals surface area contributed by atoms with E-state index in [2.05, 4.69) is 4.74 Å². The topological polar surface area (TPSA) is 116 Å². The van der Waals surface area contributed by atoms with Crippen molar-refractivity contribution in [3.8, 4) is 0 Å². The van der Waals surface area contributed by atoms with Gasteiger partial charge in [0.1, 0.15) is 12.6 Å². The van der Waals surface area contributed by atoms with Crippen LogP contribution in [-0.2, 0) is 14.3 Å². The highest BCUT2D eigenvalue weighted by atomic mass is 16.5. The average Bonchev–Trinajstić information content (AvgIpc) is 2.00. The van der Waals surface area contributed by atoms with E-state index in [0.717, 1.165) is 0 Å². The smallest absolute Gasteiger partial charge is 0.324 e. The van der Waals surface area contributed by atoms with Crippen LogP contribution in [0.1, 0.15) is 6.42 Å². The molecule has 0 aliphatic carbocycles. The molecule has 0 amide bonds. The van der Waals surface area contributed by atoms with Gasteiger partial charge in [0.05, 0.1) is 6.42 Å². The lowest BCUT2D eigenvalue weighted by atomic mass is 10.3. The molecule has 6 nitrogen and oxygen atoms in total. The molecular weight excluding hydrogens is 164 g/mol. The summed E-state index contributed by atoms with van der Waals surface area (Å²) in [5.74, 6) is -1.73. The van der Waals surface area contributed by atoms with E-state index in [1.165, 1.54) is 0 Å². The molecule has 0 aromatic heterocycles. The number of esters is 1. The lowest BCUT2D eigenvalue weighted by Gasteiger charge is -2.06. The Kier molecular flexibility index (Phi) is 4.98. The van der Waals surface area contributed by atoms with Crippen molar-refractivity contribution in [2.45, 2.75) is 12.5 Å². The molecule has 0 aliphatic heterocycles. The van der Waals surface area contributed by atoms with Gasteiger partial charge in [-0.15, -0.1) is 0 Å². The van der Waals surface area contributed by atoms with Gasteiger partial charge in [-0.3, -0.25) is 9.59 Å². The van der Waals surface area contributed by atoms with Crippen LogP contribution in [0.3, 0.4) is 0 Å². The first kappa shape index (κ1) is 10.9. The molecule has 0 radical (unpaired) electrons. The number of aliphatic carboxylic acids is 1. The van der Waals surface area contributed by atoms with Gasteiger partial charge in [0, 0.05) is 6.54 Å². The molecule has 0 heterocycles. The van der Waals surface area contributed by atoms with Crippen LogP contribution < -0.4 is 11.5 Å². The van der Waals surface area contributed by atoms with E-state index < -0.39 is 18.0 Å². The fraction of sp³-hybridized carbons (Fsp3) is 0.667. The van der Waals surface area contributed by atoms with E-state index in [1.807, 2.05) is 0 Å². The predicted molar refractivity (Wildman–Crippen MR) is 40.2 cm³/mol. The van der Waals surface area contributed by atoms with Crippen LogP contribution in [0.2, 0.25) is 0 Å². The Balaban J connectivity index is 3.54. The number of hydrogen-bond acceptors (Lipinski definition) is 5. The number of rotatable bonds is 5. The summed E-state index contributed by atoms with van der Waals surface area (Å²) in [5.41, 5.74) is 10.1. The predicted octanol–water partition coefficient (Wildman–Crippen LogP) is -1.71. The lowest BCUT2D eigenvalue weighted by Crippen LogP contribution is -2.35. The number of ether oxygens (including phenoxy) is 1. The van der Waals surface area contributed by atoms with E-state index in [1.54, 1.807) is 0 Å². The zero-order chi connectivity index (χ0) is 9.56. The zero-order valence-corrected chi connectivity index (χ0v) is 6.53. The summed E-state index contributed by atoms with van der Waals surface area (Å²) in [7, 11) is 0. The minimum Gasteiger partial charge on any atom is -0.480 e. The molecule has 0 saturated heterocycles. The second-order valence-electron chi connectivity index (χ2n) is 2.17. The largest absolute Gasteiger partial charge is 0.480 e. The summed E-state index contributed by atoms with van der Waals surface area (Å²) < 4.78 is 4.48. The summed E-state index contributed by atoms with van der Waals surface area (Å²) >= 11 is 0. The van der Waals surface area contributed by atoms with Crippen molar-refractivity contribution in [2.24, 2.45) is 11.5 Å². The van der Waals surface area contributed by atoms with Crippen LogP contribution in [0.25, 0.3) is 0 Å². The van der Waals surface area contributed by atoms with Gasteiger partial charge >= 0.3 is 11.9 Å². The fourth-order valence-electron chi connectivity index (χ4n) is 0.444.